The van der Waals surface area contributed by atoms with Crippen molar-refractivity contribution in [3.05, 3.63) is 29.0 Å². The minimum Gasteiger partial charge on any atom is -0.381 e. The predicted octanol–water partition coefficient (Wildman–Crippen LogP) is 2.47. The van der Waals surface area contributed by atoms with Crippen molar-refractivity contribution in [3.8, 4) is 0 Å². The fourth-order valence-electron chi connectivity index (χ4n) is 4.64. The first kappa shape index (κ1) is 18.7. The van der Waals surface area contributed by atoms with Gasteiger partial charge in [-0.3, -0.25) is 14.6 Å². The molecule has 0 aromatic carbocycles. The molecule has 2 amide bonds. The monoisotopic (exact) mass is 391 g/mol. The minimum atomic E-state index is -0.0312. The lowest BCUT2D eigenvalue weighted by atomic mass is 9.92. The van der Waals surface area contributed by atoms with E-state index in [0.29, 0.717) is 41.5 Å². The quantitative estimate of drug-likeness (QED) is 0.777. The van der Waals surface area contributed by atoms with E-state index in [1.54, 1.807) is 18.5 Å². The molecular weight excluding hydrogens is 366 g/mol. The molecule has 0 aliphatic carbocycles. The van der Waals surface area contributed by atoms with Gasteiger partial charge >= 0.3 is 0 Å². The number of aromatic nitrogens is 1. The van der Waals surface area contributed by atoms with Crippen LogP contribution < -0.4 is 0 Å². The first-order chi connectivity index (χ1) is 13.1. The zero-order valence-electron chi connectivity index (χ0n) is 15.5. The summed E-state index contributed by atoms with van der Waals surface area (Å²) in [4.78, 5) is 33.6. The summed E-state index contributed by atoms with van der Waals surface area (Å²) >= 11 is 6.16. The number of ether oxygens (including phenoxy) is 1. The number of hydrogen-bond acceptors (Lipinski definition) is 4. The Kier molecular flexibility index (Phi) is 5.64. The largest absolute Gasteiger partial charge is 0.381 e. The molecule has 146 valence electrons. The van der Waals surface area contributed by atoms with Crippen molar-refractivity contribution in [2.75, 3.05) is 39.4 Å². The molecule has 0 N–H and O–H groups in total. The van der Waals surface area contributed by atoms with Gasteiger partial charge in [-0.25, -0.2) is 0 Å². The number of pyridine rings is 1. The number of halogens is 1. The normalized spacial score (nSPS) is 26.6. The van der Waals surface area contributed by atoms with Gasteiger partial charge < -0.3 is 14.5 Å². The number of rotatable bonds is 2. The second-order valence-corrected chi connectivity index (χ2v) is 8.28. The second-order valence-electron chi connectivity index (χ2n) is 7.88. The van der Waals surface area contributed by atoms with Crippen LogP contribution in [-0.2, 0) is 9.53 Å². The van der Waals surface area contributed by atoms with Crippen LogP contribution in [0.25, 0.3) is 0 Å². The van der Waals surface area contributed by atoms with E-state index >= 15 is 0 Å². The summed E-state index contributed by atoms with van der Waals surface area (Å²) in [5.41, 5.74) is 0.479. The molecule has 0 spiro atoms. The summed E-state index contributed by atoms with van der Waals surface area (Å²) in [5, 5.41) is 0.454. The Labute approximate surface area is 164 Å². The molecule has 7 heteroatoms. The summed E-state index contributed by atoms with van der Waals surface area (Å²) in [7, 11) is 0. The summed E-state index contributed by atoms with van der Waals surface area (Å²) in [6.45, 7) is 4.48. The average molecular weight is 392 g/mol. The van der Waals surface area contributed by atoms with E-state index < -0.39 is 0 Å². The van der Waals surface area contributed by atoms with Crippen LogP contribution in [0, 0.1) is 17.8 Å². The first-order valence-electron chi connectivity index (χ1n) is 9.89. The molecule has 0 unspecified atom stereocenters. The molecule has 0 radical (unpaired) electrons. The van der Waals surface area contributed by atoms with Crippen molar-refractivity contribution in [1.29, 1.82) is 0 Å². The molecule has 1 aromatic heterocycles. The Morgan fingerprint density at radius 3 is 2.33 bits per heavy atom. The van der Waals surface area contributed by atoms with E-state index in [2.05, 4.69) is 9.88 Å². The van der Waals surface area contributed by atoms with Crippen LogP contribution in [0.2, 0.25) is 5.02 Å². The molecule has 3 aliphatic rings. The van der Waals surface area contributed by atoms with Gasteiger partial charge in [-0.15, -0.1) is 0 Å². The molecule has 3 saturated heterocycles. The molecule has 0 saturated carbocycles. The van der Waals surface area contributed by atoms with E-state index in [-0.39, 0.29) is 11.8 Å². The molecule has 3 fully saturated rings. The van der Waals surface area contributed by atoms with Gasteiger partial charge in [-0.05, 0) is 43.6 Å². The third-order valence-electron chi connectivity index (χ3n) is 6.28. The van der Waals surface area contributed by atoms with Crippen molar-refractivity contribution in [3.63, 3.8) is 0 Å². The number of nitrogens with zero attached hydrogens (tertiary/aromatic N) is 3. The molecule has 3 aliphatic heterocycles. The highest BCUT2D eigenvalue weighted by molar-refractivity contribution is 6.33. The van der Waals surface area contributed by atoms with Crippen LogP contribution in [0.5, 0.6) is 0 Å². The average Bonchev–Trinajstić information content (AvgIpc) is 3.01. The highest BCUT2D eigenvalue weighted by atomic mass is 35.5. The van der Waals surface area contributed by atoms with Crippen molar-refractivity contribution >= 4 is 23.4 Å². The molecular formula is C20H26ClN3O3. The third-order valence-corrected chi connectivity index (χ3v) is 6.61. The topological polar surface area (TPSA) is 62.7 Å². The van der Waals surface area contributed by atoms with Gasteiger partial charge in [-0.1, -0.05) is 11.6 Å². The standard InChI is InChI=1S/C20H26ClN3O3/c21-18-1-6-22-11-17(18)20(26)24-12-15-2-7-23(8-3-16(15)13-24)19(25)14-4-9-27-10-5-14/h1,6,11,14-16H,2-5,7-10,12-13H2/t15-,16-/m0/s1. The molecule has 1 aromatic rings. The first-order valence-corrected chi connectivity index (χ1v) is 10.3. The van der Waals surface area contributed by atoms with E-state index in [1.807, 2.05) is 4.90 Å². The lowest BCUT2D eigenvalue weighted by Gasteiger charge is -2.29. The lowest BCUT2D eigenvalue weighted by Crippen LogP contribution is -2.39. The van der Waals surface area contributed by atoms with Gasteiger partial charge in [0.25, 0.3) is 5.91 Å². The summed E-state index contributed by atoms with van der Waals surface area (Å²) < 4.78 is 5.38. The highest BCUT2D eigenvalue weighted by Crippen LogP contribution is 2.34. The van der Waals surface area contributed by atoms with Crippen molar-refractivity contribution in [1.82, 2.24) is 14.8 Å². The Hall–Kier alpha value is -1.66. The van der Waals surface area contributed by atoms with Gasteiger partial charge in [0, 0.05) is 57.7 Å². The Bertz CT molecular complexity index is 691. The smallest absolute Gasteiger partial charge is 0.256 e. The van der Waals surface area contributed by atoms with Crippen LogP contribution in [0.15, 0.2) is 18.5 Å². The van der Waals surface area contributed by atoms with Crippen molar-refractivity contribution in [2.45, 2.75) is 25.7 Å². The van der Waals surface area contributed by atoms with E-state index in [4.69, 9.17) is 16.3 Å². The van der Waals surface area contributed by atoms with E-state index in [0.717, 1.165) is 51.9 Å². The predicted molar refractivity (Wildman–Crippen MR) is 101 cm³/mol. The molecule has 4 heterocycles. The number of likely N-dealkylation sites (tertiary alicyclic amines) is 2. The minimum absolute atomic E-state index is 0.0312. The summed E-state index contributed by atoms with van der Waals surface area (Å²) in [6.07, 6.45) is 6.76. The Morgan fingerprint density at radius 2 is 1.70 bits per heavy atom. The zero-order valence-corrected chi connectivity index (χ0v) is 16.2. The number of hydrogen-bond donors (Lipinski definition) is 0. The number of fused-ring (bicyclic) bond motifs is 1. The van der Waals surface area contributed by atoms with Gasteiger partial charge in [0.05, 0.1) is 10.6 Å². The zero-order chi connectivity index (χ0) is 18.8. The Morgan fingerprint density at radius 1 is 1.04 bits per heavy atom. The maximum Gasteiger partial charge on any atom is 0.256 e. The molecule has 27 heavy (non-hydrogen) atoms. The highest BCUT2D eigenvalue weighted by Gasteiger charge is 2.39. The van der Waals surface area contributed by atoms with Gasteiger partial charge in [0.1, 0.15) is 0 Å². The van der Waals surface area contributed by atoms with E-state index in [9.17, 15) is 9.59 Å². The fourth-order valence-corrected chi connectivity index (χ4v) is 4.83. The number of carbonyl (C=O) groups is 2. The third kappa shape index (κ3) is 3.97. The summed E-state index contributed by atoms with van der Waals surface area (Å²) in [6, 6.07) is 1.66. The number of amides is 2. The van der Waals surface area contributed by atoms with E-state index in [1.165, 1.54) is 0 Å². The van der Waals surface area contributed by atoms with Crippen LogP contribution >= 0.6 is 11.6 Å². The van der Waals surface area contributed by atoms with Crippen molar-refractivity contribution in [2.24, 2.45) is 17.8 Å². The fraction of sp³-hybridized carbons (Fsp3) is 0.650. The van der Waals surface area contributed by atoms with Crippen LogP contribution in [-0.4, -0.2) is 66.0 Å². The van der Waals surface area contributed by atoms with Crippen LogP contribution in [0.1, 0.15) is 36.0 Å². The van der Waals surface area contributed by atoms with Crippen molar-refractivity contribution < 1.29 is 14.3 Å². The van der Waals surface area contributed by atoms with Gasteiger partial charge in [0.15, 0.2) is 0 Å². The maximum absolute atomic E-state index is 12.8. The van der Waals surface area contributed by atoms with Crippen LogP contribution in [0.3, 0.4) is 0 Å². The van der Waals surface area contributed by atoms with Crippen LogP contribution in [0.4, 0.5) is 0 Å². The van der Waals surface area contributed by atoms with Gasteiger partial charge in [0.2, 0.25) is 5.91 Å². The molecule has 6 nitrogen and oxygen atoms in total. The Balaban J connectivity index is 1.36. The maximum atomic E-state index is 12.8. The summed E-state index contributed by atoms with van der Waals surface area (Å²) in [5.74, 6) is 1.31. The SMILES string of the molecule is O=C(c1cnccc1Cl)N1C[C@@H]2CCN(C(=O)C3CCOCC3)CC[C@H]2C1. The molecule has 2 atom stereocenters. The lowest BCUT2D eigenvalue weighted by molar-refractivity contribution is -0.138. The molecule has 4 rings (SSSR count). The second kappa shape index (κ2) is 8.15. The molecule has 0 bridgehead atoms. The number of carbonyl (C=O) groups excluding carboxylic acids is 2. The van der Waals surface area contributed by atoms with Gasteiger partial charge in [-0.2, -0.15) is 0 Å².